The van der Waals surface area contributed by atoms with Crippen LogP contribution in [0.15, 0.2) is 77.2 Å². The van der Waals surface area contributed by atoms with Crippen molar-refractivity contribution < 1.29 is 47.0 Å². The fourth-order valence-electron chi connectivity index (χ4n) is 2.97. The average molecular weight is 473 g/mol. The molecule has 3 N–H and O–H groups in total. The molecule has 0 saturated heterocycles. The second kappa shape index (κ2) is 9.89. The molecule has 0 aliphatic carbocycles. The summed E-state index contributed by atoms with van der Waals surface area (Å²) in [4.78, 5) is 10.9. The normalized spacial score (nSPS) is 11.5. The van der Waals surface area contributed by atoms with Gasteiger partial charge in [-0.25, -0.2) is 0 Å². The SMILES string of the molecule is N[C@@H](Cc1ccc(-c2nnc(-c3ccc(-c4cc[c-]cc4)cc3)o2)cc1)C(=O)O.[Y]. The van der Waals surface area contributed by atoms with Gasteiger partial charge in [0.05, 0.1) is 0 Å². The maximum atomic E-state index is 10.9. The van der Waals surface area contributed by atoms with E-state index in [0.717, 1.165) is 27.8 Å². The maximum absolute atomic E-state index is 10.9. The summed E-state index contributed by atoms with van der Waals surface area (Å²) >= 11 is 0. The first-order valence-electron chi connectivity index (χ1n) is 9.08. The van der Waals surface area contributed by atoms with E-state index < -0.39 is 12.0 Å². The van der Waals surface area contributed by atoms with Crippen molar-refractivity contribution in [2.24, 2.45) is 5.73 Å². The van der Waals surface area contributed by atoms with Crippen molar-refractivity contribution >= 4 is 5.97 Å². The number of nitrogens with two attached hydrogens (primary N) is 1. The van der Waals surface area contributed by atoms with Crippen molar-refractivity contribution in [3.05, 3.63) is 84.4 Å². The maximum Gasteiger partial charge on any atom is 0.320 e. The van der Waals surface area contributed by atoms with Gasteiger partial charge in [-0.3, -0.25) is 4.79 Å². The van der Waals surface area contributed by atoms with Crippen LogP contribution in [0.1, 0.15) is 5.56 Å². The van der Waals surface area contributed by atoms with Crippen LogP contribution in [-0.2, 0) is 43.9 Å². The van der Waals surface area contributed by atoms with Gasteiger partial charge in [0.2, 0.25) is 11.8 Å². The topological polar surface area (TPSA) is 102 Å². The number of carbonyl (C=O) groups is 1. The molecule has 0 aliphatic rings. The van der Waals surface area contributed by atoms with Gasteiger partial charge >= 0.3 is 5.97 Å². The smallest absolute Gasteiger partial charge is 0.320 e. The molecule has 1 aromatic heterocycles. The van der Waals surface area contributed by atoms with Gasteiger partial charge in [-0.1, -0.05) is 24.3 Å². The summed E-state index contributed by atoms with van der Waals surface area (Å²) in [6.45, 7) is 0. The Kier molecular flexibility index (Phi) is 7.26. The molecule has 4 aromatic rings. The van der Waals surface area contributed by atoms with E-state index in [-0.39, 0.29) is 39.1 Å². The van der Waals surface area contributed by atoms with Crippen molar-refractivity contribution in [3.63, 3.8) is 0 Å². The number of carboxylic acid groups (broad SMARTS) is 1. The van der Waals surface area contributed by atoms with Crippen LogP contribution in [0.25, 0.3) is 34.0 Å². The Hall–Kier alpha value is -2.67. The molecule has 0 saturated carbocycles. The summed E-state index contributed by atoms with van der Waals surface area (Å²) in [5.41, 5.74) is 10.2. The van der Waals surface area contributed by atoms with Gasteiger partial charge in [0.15, 0.2) is 0 Å². The predicted octanol–water partition coefficient (Wildman–Crippen LogP) is 3.82. The van der Waals surface area contributed by atoms with Crippen LogP contribution >= 0.6 is 0 Å². The van der Waals surface area contributed by atoms with Crippen LogP contribution < -0.4 is 5.73 Å². The third-order valence-electron chi connectivity index (χ3n) is 4.58. The monoisotopic (exact) mass is 473 g/mol. The molecule has 6 nitrogen and oxygen atoms in total. The van der Waals surface area contributed by atoms with E-state index >= 15 is 0 Å². The van der Waals surface area contributed by atoms with E-state index in [0.29, 0.717) is 11.8 Å². The molecular formula is C23H18N3O3Y-. The zero-order valence-corrected chi connectivity index (χ0v) is 18.9. The predicted molar refractivity (Wildman–Crippen MR) is 109 cm³/mol. The van der Waals surface area contributed by atoms with Gasteiger partial charge in [-0.2, -0.15) is 30.3 Å². The second-order valence-corrected chi connectivity index (χ2v) is 6.62. The van der Waals surface area contributed by atoms with Crippen LogP contribution in [0.3, 0.4) is 0 Å². The molecular weight excluding hydrogens is 455 g/mol. The molecule has 0 bridgehead atoms. The van der Waals surface area contributed by atoms with Gasteiger partial charge < -0.3 is 15.3 Å². The van der Waals surface area contributed by atoms with Gasteiger partial charge in [0, 0.05) is 43.8 Å². The Labute approximate surface area is 199 Å². The number of benzene rings is 3. The van der Waals surface area contributed by atoms with Crippen LogP contribution in [0, 0.1) is 6.07 Å². The first-order valence-corrected chi connectivity index (χ1v) is 9.08. The zero-order valence-electron chi connectivity index (χ0n) is 16.0. The Bertz CT molecular complexity index is 1110. The summed E-state index contributed by atoms with van der Waals surface area (Å²) in [5.74, 6) is -0.186. The fraction of sp³-hybridized carbons (Fsp3) is 0.0870. The number of hydrogen-bond donors (Lipinski definition) is 2. The molecule has 0 unspecified atom stereocenters. The molecule has 30 heavy (non-hydrogen) atoms. The van der Waals surface area contributed by atoms with Gasteiger partial charge in [0.25, 0.3) is 0 Å². The third kappa shape index (κ3) is 5.08. The van der Waals surface area contributed by atoms with Crippen molar-refractivity contribution in [3.8, 4) is 34.0 Å². The van der Waals surface area contributed by atoms with Crippen LogP contribution in [0.5, 0.6) is 0 Å². The zero-order chi connectivity index (χ0) is 20.2. The second-order valence-electron chi connectivity index (χ2n) is 6.62. The number of aromatic nitrogens is 2. The Morgan fingerprint density at radius 2 is 1.33 bits per heavy atom. The molecule has 7 heteroatoms. The molecule has 1 radical (unpaired) electrons. The van der Waals surface area contributed by atoms with E-state index in [4.69, 9.17) is 15.3 Å². The molecule has 4 rings (SSSR count). The van der Waals surface area contributed by atoms with Gasteiger partial charge in [-0.05, 0) is 41.8 Å². The summed E-state index contributed by atoms with van der Waals surface area (Å²) in [5, 5.41) is 17.2. The molecule has 3 aromatic carbocycles. The van der Waals surface area contributed by atoms with Crippen molar-refractivity contribution in [2.45, 2.75) is 12.5 Å². The molecule has 0 amide bonds. The van der Waals surface area contributed by atoms with Crippen LogP contribution in [0.2, 0.25) is 0 Å². The minimum atomic E-state index is -1.02. The van der Waals surface area contributed by atoms with E-state index in [1.54, 1.807) is 0 Å². The molecule has 0 fully saturated rings. The van der Waals surface area contributed by atoms with Gasteiger partial charge in [0.1, 0.15) is 6.04 Å². The van der Waals surface area contributed by atoms with Crippen molar-refractivity contribution in [1.29, 1.82) is 0 Å². The summed E-state index contributed by atoms with van der Waals surface area (Å²) in [6.07, 6.45) is 0.260. The first-order chi connectivity index (χ1) is 14.1. The summed E-state index contributed by atoms with van der Waals surface area (Å²) in [7, 11) is 0. The number of carboxylic acids is 1. The van der Waals surface area contributed by atoms with Crippen molar-refractivity contribution in [1.82, 2.24) is 10.2 Å². The fourth-order valence-corrected chi connectivity index (χ4v) is 2.97. The van der Waals surface area contributed by atoms with E-state index in [1.807, 2.05) is 72.8 Å². The quantitative estimate of drug-likeness (QED) is 0.413. The summed E-state index contributed by atoms with van der Waals surface area (Å²) in [6, 6.07) is 25.0. The Morgan fingerprint density at radius 3 is 1.87 bits per heavy atom. The minimum Gasteiger partial charge on any atom is -0.480 e. The Balaban J connectivity index is 0.00000256. The van der Waals surface area contributed by atoms with E-state index in [9.17, 15) is 4.79 Å². The standard InChI is InChI=1S/C23H18N3O3.Y/c24-20(23(27)28)14-15-6-8-18(9-7-15)21-25-26-22(29-21)19-12-10-17(11-13-19)16-4-2-1-3-5-16;/h2-13,20H,14,24H2,(H,27,28);/q-1;/t20-;/m0./s1. The first kappa shape index (κ1) is 22.0. The number of aliphatic carboxylic acids is 1. The largest absolute Gasteiger partial charge is 0.480 e. The molecule has 147 valence electrons. The van der Waals surface area contributed by atoms with Crippen LogP contribution in [-0.4, -0.2) is 27.3 Å². The van der Waals surface area contributed by atoms with Crippen LogP contribution in [0.4, 0.5) is 0 Å². The van der Waals surface area contributed by atoms with Gasteiger partial charge in [-0.15, -0.1) is 15.8 Å². The molecule has 1 heterocycles. The molecule has 0 aliphatic heterocycles. The third-order valence-corrected chi connectivity index (χ3v) is 4.58. The minimum absolute atomic E-state index is 0. The number of nitrogens with zero attached hydrogens (tertiary/aromatic N) is 2. The van der Waals surface area contributed by atoms with Crippen molar-refractivity contribution in [2.75, 3.05) is 0 Å². The Morgan fingerprint density at radius 1 is 0.867 bits per heavy atom. The number of hydrogen-bond acceptors (Lipinski definition) is 5. The molecule has 1 atom stereocenters. The number of rotatable bonds is 6. The summed E-state index contributed by atoms with van der Waals surface area (Å²) < 4.78 is 5.81. The van der Waals surface area contributed by atoms with E-state index in [1.165, 1.54) is 0 Å². The average Bonchev–Trinajstić information content (AvgIpc) is 3.25. The molecule has 0 spiro atoms. The van der Waals surface area contributed by atoms with E-state index in [2.05, 4.69) is 16.3 Å².